The van der Waals surface area contributed by atoms with E-state index in [0.717, 1.165) is 12.1 Å². The monoisotopic (exact) mass is 321 g/mol. The lowest BCUT2D eigenvalue weighted by Crippen LogP contribution is -2.33. The maximum atomic E-state index is 13.3. The van der Waals surface area contributed by atoms with E-state index in [0.29, 0.717) is 0 Å². The predicted octanol–water partition coefficient (Wildman–Crippen LogP) is 0.685. The minimum absolute atomic E-state index is 0.00997. The number of hydrogen-bond donors (Lipinski definition) is 1. The summed E-state index contributed by atoms with van der Waals surface area (Å²) < 4.78 is 54.2. The first-order valence-corrected chi connectivity index (χ1v) is 8.07. The summed E-state index contributed by atoms with van der Waals surface area (Å²) in [6, 6.07) is 3.49. The van der Waals surface area contributed by atoms with Gasteiger partial charge >= 0.3 is 0 Å². The van der Waals surface area contributed by atoms with Crippen LogP contribution in [0.5, 0.6) is 0 Å². The van der Waals surface area contributed by atoms with E-state index in [1.807, 2.05) is 0 Å². The van der Waals surface area contributed by atoms with Crippen LogP contribution in [0.1, 0.15) is 5.56 Å². The fourth-order valence-corrected chi connectivity index (χ4v) is 2.70. The zero-order valence-electron chi connectivity index (χ0n) is 11.6. The summed E-state index contributed by atoms with van der Waals surface area (Å²) in [7, 11) is -2.18. The standard InChI is InChI=1S/C13H17F2NO4S/c1-20-7-8-21(18,19)9-13(17)16-6-5-10-11(14)3-2-4-12(10)15/h2-4H,5-9H2,1H3,(H,16,17). The minimum Gasteiger partial charge on any atom is -0.384 e. The highest BCUT2D eigenvalue weighted by Crippen LogP contribution is 2.11. The second kappa shape index (κ2) is 8.04. The molecule has 0 aliphatic carbocycles. The molecule has 21 heavy (non-hydrogen) atoms. The van der Waals surface area contributed by atoms with Crippen LogP contribution in [0.4, 0.5) is 8.78 Å². The molecule has 0 aromatic heterocycles. The molecule has 0 fully saturated rings. The number of nitrogens with one attached hydrogen (secondary N) is 1. The Morgan fingerprint density at radius 3 is 2.48 bits per heavy atom. The number of benzene rings is 1. The first-order valence-electron chi connectivity index (χ1n) is 6.24. The van der Waals surface area contributed by atoms with Crippen molar-refractivity contribution in [2.75, 3.05) is 31.8 Å². The topological polar surface area (TPSA) is 72.5 Å². The lowest BCUT2D eigenvalue weighted by atomic mass is 10.1. The third-order valence-corrected chi connectivity index (χ3v) is 4.20. The summed E-state index contributed by atoms with van der Waals surface area (Å²) in [6.45, 7) is -0.0352. The van der Waals surface area contributed by atoms with Crippen molar-refractivity contribution in [1.29, 1.82) is 0 Å². The Morgan fingerprint density at radius 2 is 1.90 bits per heavy atom. The number of amides is 1. The highest BCUT2D eigenvalue weighted by Gasteiger charge is 2.16. The van der Waals surface area contributed by atoms with Crippen LogP contribution in [-0.2, 0) is 25.8 Å². The molecule has 8 heteroatoms. The van der Waals surface area contributed by atoms with E-state index in [1.54, 1.807) is 0 Å². The van der Waals surface area contributed by atoms with E-state index in [-0.39, 0.29) is 30.9 Å². The van der Waals surface area contributed by atoms with Gasteiger partial charge in [-0.25, -0.2) is 17.2 Å². The second-order valence-electron chi connectivity index (χ2n) is 4.38. The fourth-order valence-electron chi connectivity index (χ4n) is 1.63. The normalized spacial score (nSPS) is 11.4. The molecule has 0 radical (unpaired) electrons. The van der Waals surface area contributed by atoms with E-state index in [2.05, 4.69) is 10.1 Å². The maximum absolute atomic E-state index is 13.3. The van der Waals surface area contributed by atoms with Crippen LogP contribution in [0.3, 0.4) is 0 Å². The number of halogens is 2. The fraction of sp³-hybridized carbons (Fsp3) is 0.462. The first kappa shape index (κ1) is 17.5. The summed E-state index contributed by atoms with van der Waals surface area (Å²) >= 11 is 0. The Balaban J connectivity index is 2.44. The molecule has 0 bridgehead atoms. The van der Waals surface area contributed by atoms with Crippen molar-refractivity contribution in [3.05, 3.63) is 35.4 Å². The predicted molar refractivity (Wildman–Crippen MR) is 73.6 cm³/mol. The van der Waals surface area contributed by atoms with E-state index < -0.39 is 33.1 Å². The molecule has 0 aliphatic rings. The second-order valence-corrected chi connectivity index (χ2v) is 6.57. The summed E-state index contributed by atoms with van der Waals surface area (Å²) in [5.74, 6) is -3.02. The largest absolute Gasteiger partial charge is 0.384 e. The Hall–Kier alpha value is -1.54. The third-order valence-electron chi connectivity index (χ3n) is 2.71. The number of carbonyl (C=O) groups is 1. The first-order chi connectivity index (χ1) is 9.85. The van der Waals surface area contributed by atoms with Gasteiger partial charge in [0.15, 0.2) is 9.84 Å². The van der Waals surface area contributed by atoms with Crippen LogP contribution in [0.25, 0.3) is 0 Å². The highest BCUT2D eigenvalue weighted by atomic mass is 32.2. The molecule has 1 N–H and O–H groups in total. The van der Waals surface area contributed by atoms with E-state index >= 15 is 0 Å². The number of carbonyl (C=O) groups excluding carboxylic acids is 1. The summed E-state index contributed by atoms with van der Waals surface area (Å²) in [4.78, 5) is 11.5. The van der Waals surface area contributed by atoms with Gasteiger partial charge in [0.05, 0.1) is 12.4 Å². The molecule has 1 aromatic rings. The van der Waals surface area contributed by atoms with Gasteiger partial charge < -0.3 is 10.1 Å². The Bertz CT molecular complexity index is 570. The summed E-state index contributed by atoms with van der Waals surface area (Å²) in [5, 5.41) is 2.33. The van der Waals surface area contributed by atoms with Gasteiger partial charge in [-0.15, -0.1) is 0 Å². The van der Waals surface area contributed by atoms with Crippen molar-refractivity contribution in [3.8, 4) is 0 Å². The highest BCUT2D eigenvalue weighted by molar-refractivity contribution is 7.92. The van der Waals surface area contributed by atoms with Crippen LogP contribution in [0.2, 0.25) is 0 Å². The van der Waals surface area contributed by atoms with Crippen molar-refractivity contribution in [3.63, 3.8) is 0 Å². The third kappa shape index (κ3) is 6.17. The van der Waals surface area contributed by atoms with Crippen molar-refractivity contribution in [1.82, 2.24) is 5.32 Å². The number of hydrogen-bond acceptors (Lipinski definition) is 4. The van der Waals surface area contributed by atoms with Crippen LogP contribution < -0.4 is 5.32 Å². The van der Waals surface area contributed by atoms with Gasteiger partial charge in [0.25, 0.3) is 0 Å². The minimum atomic E-state index is -3.54. The summed E-state index contributed by atoms with van der Waals surface area (Å²) in [6.07, 6.45) is -0.0532. The summed E-state index contributed by atoms with van der Waals surface area (Å²) in [5.41, 5.74) is -0.139. The number of ether oxygens (including phenoxy) is 1. The van der Waals surface area contributed by atoms with Crippen LogP contribution in [0.15, 0.2) is 18.2 Å². The van der Waals surface area contributed by atoms with Gasteiger partial charge in [-0.2, -0.15) is 0 Å². The molecule has 0 heterocycles. The Morgan fingerprint density at radius 1 is 1.29 bits per heavy atom. The molecular weight excluding hydrogens is 304 g/mol. The van der Waals surface area contributed by atoms with Gasteiger partial charge in [-0.1, -0.05) is 6.07 Å². The average Bonchev–Trinajstić information content (AvgIpc) is 2.39. The molecule has 118 valence electrons. The quantitative estimate of drug-likeness (QED) is 0.764. The molecule has 1 amide bonds. The van der Waals surface area contributed by atoms with Gasteiger partial charge in [0.2, 0.25) is 5.91 Å². The molecule has 5 nitrogen and oxygen atoms in total. The zero-order chi connectivity index (χ0) is 15.9. The van der Waals surface area contributed by atoms with Crippen molar-refractivity contribution >= 4 is 15.7 Å². The lowest BCUT2D eigenvalue weighted by molar-refractivity contribution is -0.118. The van der Waals surface area contributed by atoms with Gasteiger partial charge in [-0.3, -0.25) is 4.79 Å². The molecular formula is C13H17F2NO4S. The van der Waals surface area contributed by atoms with Crippen molar-refractivity contribution < 1.29 is 26.7 Å². The molecule has 0 atom stereocenters. The molecule has 0 unspecified atom stereocenters. The lowest BCUT2D eigenvalue weighted by Gasteiger charge is -2.07. The molecule has 0 saturated heterocycles. The smallest absolute Gasteiger partial charge is 0.235 e. The maximum Gasteiger partial charge on any atom is 0.235 e. The van der Waals surface area contributed by atoms with Gasteiger partial charge in [-0.05, 0) is 18.6 Å². The molecule has 1 rings (SSSR count). The zero-order valence-corrected chi connectivity index (χ0v) is 12.4. The van der Waals surface area contributed by atoms with Gasteiger partial charge in [0.1, 0.15) is 17.4 Å². The van der Waals surface area contributed by atoms with Crippen molar-refractivity contribution in [2.45, 2.75) is 6.42 Å². The number of rotatable bonds is 8. The van der Waals surface area contributed by atoms with Crippen LogP contribution >= 0.6 is 0 Å². The Kier molecular flexibility index (Phi) is 6.70. The molecule has 0 spiro atoms. The number of sulfone groups is 1. The molecule has 0 saturated carbocycles. The van der Waals surface area contributed by atoms with E-state index in [4.69, 9.17) is 0 Å². The Labute approximate surface area is 122 Å². The molecule has 1 aromatic carbocycles. The van der Waals surface area contributed by atoms with E-state index in [1.165, 1.54) is 13.2 Å². The van der Waals surface area contributed by atoms with Crippen LogP contribution in [-0.4, -0.2) is 46.1 Å². The average molecular weight is 321 g/mol. The van der Waals surface area contributed by atoms with Gasteiger partial charge in [0, 0.05) is 19.2 Å². The van der Waals surface area contributed by atoms with Crippen molar-refractivity contribution in [2.24, 2.45) is 0 Å². The molecule has 0 aliphatic heterocycles. The van der Waals surface area contributed by atoms with Crippen LogP contribution in [0, 0.1) is 11.6 Å². The van der Waals surface area contributed by atoms with E-state index in [9.17, 15) is 22.0 Å². The SMILES string of the molecule is COCCS(=O)(=O)CC(=O)NCCc1c(F)cccc1F. The number of methoxy groups -OCH3 is 1.